The fraction of sp³-hybridized carbons (Fsp3) is 0. The van der Waals surface area contributed by atoms with Gasteiger partial charge in [-0.2, -0.15) is 0 Å². The molecule has 0 amide bonds. The fourth-order valence-electron chi connectivity index (χ4n) is 1.21. The molecule has 0 radical (unpaired) electrons. The van der Waals surface area contributed by atoms with Crippen LogP contribution in [0.1, 0.15) is 0 Å². The maximum Gasteiger partial charge on any atom is 0.326 e. The Hall–Kier alpha value is -0.340. The summed E-state index contributed by atoms with van der Waals surface area (Å²) < 4.78 is 1.47. The molecule has 2 rings (SSSR count). The highest BCUT2D eigenvalue weighted by molar-refractivity contribution is 14.1. The van der Waals surface area contributed by atoms with Gasteiger partial charge < -0.3 is 4.98 Å². The number of hydrogen-bond donors (Lipinski definition) is 2. The van der Waals surface area contributed by atoms with Crippen LogP contribution in [0.5, 0.6) is 0 Å². The average molecular weight is 401 g/mol. The van der Waals surface area contributed by atoms with Gasteiger partial charge >= 0.3 is 5.69 Å². The number of benzene rings is 1. The maximum absolute atomic E-state index is 11.5. The van der Waals surface area contributed by atoms with Crippen LogP contribution in [-0.2, 0) is 0 Å². The first-order valence-corrected chi connectivity index (χ1v) is 6.05. The number of nitrogens with one attached hydrogen (secondary N) is 2. The Balaban J connectivity index is 3.12. The average Bonchev–Trinajstić information content (AvgIpc) is 2.17. The van der Waals surface area contributed by atoms with Crippen LogP contribution in [0.4, 0.5) is 0 Å². The highest BCUT2D eigenvalue weighted by Gasteiger charge is 2.11. The molecule has 0 atom stereocenters. The number of aromatic amines is 2. The van der Waals surface area contributed by atoms with E-state index in [2.05, 4.69) is 25.9 Å². The second-order valence-electron chi connectivity index (χ2n) is 2.82. The van der Waals surface area contributed by atoms with Gasteiger partial charge in [0.15, 0.2) is 0 Å². The van der Waals surface area contributed by atoms with Crippen LogP contribution >= 0.6 is 50.1 Å². The number of hydrogen-bond acceptors (Lipinski definition) is 2. The van der Waals surface area contributed by atoms with Crippen LogP contribution in [0.15, 0.2) is 20.1 Å². The van der Waals surface area contributed by atoms with Crippen LogP contribution in [0.25, 0.3) is 10.9 Å². The first-order valence-electron chi connectivity index (χ1n) is 3.80. The van der Waals surface area contributed by atoms with Gasteiger partial charge in [0.2, 0.25) is 0 Å². The van der Waals surface area contributed by atoms with Crippen molar-refractivity contribution in [3.8, 4) is 0 Å². The van der Waals surface area contributed by atoms with Crippen molar-refractivity contribution in [1.82, 2.24) is 9.97 Å². The van der Waals surface area contributed by atoms with Crippen molar-refractivity contribution in [2.75, 3.05) is 0 Å². The predicted molar refractivity (Wildman–Crippen MR) is 70.6 cm³/mol. The molecular weight excluding hydrogens is 398 g/mol. The van der Waals surface area contributed by atoms with Gasteiger partial charge in [-0.3, -0.25) is 9.78 Å². The topological polar surface area (TPSA) is 65.7 Å². The van der Waals surface area contributed by atoms with Crippen molar-refractivity contribution in [1.29, 1.82) is 0 Å². The summed E-state index contributed by atoms with van der Waals surface area (Å²) in [6.07, 6.45) is 0. The summed E-state index contributed by atoms with van der Waals surface area (Å²) >= 11 is 11.3. The van der Waals surface area contributed by atoms with Crippen LogP contribution in [-0.4, -0.2) is 9.97 Å². The van der Waals surface area contributed by atoms with Crippen molar-refractivity contribution in [3.63, 3.8) is 0 Å². The third-order valence-electron chi connectivity index (χ3n) is 1.87. The maximum atomic E-state index is 11.5. The van der Waals surface area contributed by atoms with Gasteiger partial charge in [0.25, 0.3) is 5.56 Å². The molecule has 4 nitrogen and oxygen atoms in total. The van der Waals surface area contributed by atoms with Crippen molar-refractivity contribution >= 4 is 61.0 Å². The predicted octanol–water partition coefficient (Wildman–Crippen LogP) is 2.24. The third-order valence-corrected chi connectivity index (χ3v) is 4.89. The summed E-state index contributed by atoms with van der Waals surface area (Å²) in [6, 6.07) is 1.65. The second kappa shape index (κ2) is 3.91. The van der Waals surface area contributed by atoms with Gasteiger partial charge in [-0.05, 0) is 44.6 Å². The molecule has 1 aromatic carbocycles. The van der Waals surface area contributed by atoms with E-state index in [4.69, 9.17) is 11.6 Å². The molecule has 1 heterocycles. The highest BCUT2D eigenvalue weighted by Crippen LogP contribution is 2.32. The smallest absolute Gasteiger partial charge is 0.305 e. The van der Waals surface area contributed by atoms with E-state index >= 15 is 0 Å². The quantitative estimate of drug-likeness (QED) is 0.525. The van der Waals surface area contributed by atoms with E-state index in [-0.39, 0.29) is 0 Å². The normalized spacial score (nSPS) is 10.9. The Kier molecular flexibility index (Phi) is 2.91. The van der Waals surface area contributed by atoms with Crippen molar-refractivity contribution < 1.29 is 0 Å². The lowest BCUT2D eigenvalue weighted by molar-refractivity contribution is 1.08. The molecule has 0 unspecified atom stereocenters. The second-order valence-corrected chi connectivity index (χ2v) is 5.15. The number of fused-ring (bicyclic) bond motifs is 1. The molecule has 0 saturated heterocycles. The summed E-state index contributed by atoms with van der Waals surface area (Å²) in [4.78, 5) is 27.2. The fourth-order valence-corrected chi connectivity index (χ4v) is 2.52. The van der Waals surface area contributed by atoms with E-state index in [9.17, 15) is 9.59 Å². The van der Waals surface area contributed by atoms with Gasteiger partial charge in [0, 0.05) is 3.57 Å². The van der Waals surface area contributed by atoms with E-state index in [1.54, 1.807) is 6.07 Å². The minimum atomic E-state index is -0.567. The lowest BCUT2D eigenvalue weighted by atomic mass is 10.2. The largest absolute Gasteiger partial charge is 0.326 e. The van der Waals surface area contributed by atoms with Gasteiger partial charge in [-0.1, -0.05) is 11.6 Å². The Morgan fingerprint density at radius 3 is 2.67 bits per heavy atom. The molecule has 7 heteroatoms. The van der Waals surface area contributed by atoms with Crippen LogP contribution < -0.4 is 11.2 Å². The molecule has 0 aliphatic rings. The molecule has 2 N–H and O–H groups in total. The lowest BCUT2D eigenvalue weighted by Gasteiger charge is -2.03. The minimum Gasteiger partial charge on any atom is -0.305 e. The van der Waals surface area contributed by atoms with E-state index in [1.807, 2.05) is 22.6 Å². The molecule has 0 spiro atoms. The zero-order valence-electron chi connectivity index (χ0n) is 7.03. The SMILES string of the molecule is O=c1[nH]c(=O)c2cc(I)c(Br)c(Cl)c2[nH]1. The summed E-state index contributed by atoms with van der Waals surface area (Å²) in [5.41, 5.74) is -0.665. The monoisotopic (exact) mass is 400 g/mol. The lowest BCUT2D eigenvalue weighted by Crippen LogP contribution is -2.22. The Labute approximate surface area is 110 Å². The van der Waals surface area contributed by atoms with E-state index in [1.165, 1.54) is 0 Å². The number of halogens is 3. The third kappa shape index (κ3) is 1.85. The Morgan fingerprint density at radius 1 is 1.33 bits per heavy atom. The van der Waals surface area contributed by atoms with Crippen molar-refractivity contribution in [2.24, 2.45) is 0 Å². The Bertz CT molecular complexity index is 664. The van der Waals surface area contributed by atoms with E-state index in [0.29, 0.717) is 20.4 Å². The molecule has 1 aromatic heterocycles. The first-order chi connectivity index (χ1) is 7.00. The molecule has 0 aliphatic heterocycles. The Morgan fingerprint density at radius 2 is 2.00 bits per heavy atom. The molecule has 0 bridgehead atoms. The summed E-state index contributed by atoms with van der Waals surface area (Å²) in [6.45, 7) is 0. The molecule has 0 saturated carbocycles. The van der Waals surface area contributed by atoms with Crippen LogP contribution in [0.2, 0.25) is 5.02 Å². The molecule has 0 aliphatic carbocycles. The van der Waals surface area contributed by atoms with Gasteiger partial charge in [0.1, 0.15) is 0 Å². The summed E-state index contributed by atoms with van der Waals surface area (Å²) in [5, 5.41) is 0.701. The van der Waals surface area contributed by atoms with Gasteiger partial charge in [-0.25, -0.2) is 4.79 Å². The number of H-pyrrole nitrogens is 2. The summed E-state index contributed by atoms with van der Waals surface area (Å²) in [5.74, 6) is 0. The molecular formula is C8H3BrClIN2O2. The van der Waals surface area contributed by atoms with Gasteiger partial charge in [-0.15, -0.1) is 0 Å². The summed E-state index contributed by atoms with van der Waals surface area (Å²) in [7, 11) is 0. The molecule has 2 aromatic rings. The molecule has 0 fully saturated rings. The molecule has 15 heavy (non-hydrogen) atoms. The number of rotatable bonds is 0. The standard InChI is InChI=1S/C8H3BrClIN2O2/c9-4-3(11)1-2-6(5(4)10)12-8(15)13-7(2)14/h1H,(H2,12,13,14,15). The van der Waals surface area contributed by atoms with Crippen LogP contribution in [0.3, 0.4) is 0 Å². The van der Waals surface area contributed by atoms with Crippen molar-refractivity contribution in [2.45, 2.75) is 0 Å². The van der Waals surface area contributed by atoms with Crippen LogP contribution in [0, 0.1) is 3.57 Å². The highest BCUT2D eigenvalue weighted by atomic mass is 127. The van der Waals surface area contributed by atoms with Gasteiger partial charge in [0.05, 0.1) is 20.4 Å². The first kappa shape index (κ1) is 11.2. The van der Waals surface area contributed by atoms with E-state index < -0.39 is 11.2 Å². The number of aromatic nitrogens is 2. The zero-order chi connectivity index (χ0) is 11.2. The zero-order valence-corrected chi connectivity index (χ0v) is 11.5. The van der Waals surface area contributed by atoms with Crippen molar-refractivity contribution in [3.05, 3.63) is 40.0 Å². The van der Waals surface area contributed by atoms with E-state index in [0.717, 1.165) is 3.57 Å². The minimum absolute atomic E-state index is 0.333. The molecule has 78 valence electrons.